The molecule has 7 heteroatoms. The molecule has 4 unspecified atom stereocenters. The molecule has 4 atom stereocenters. The van der Waals surface area contributed by atoms with Crippen LogP contribution in [-0.4, -0.2) is 69.4 Å². The van der Waals surface area contributed by atoms with Crippen molar-refractivity contribution < 1.29 is 9.47 Å². The number of halogens is 1. The zero-order valence-electron chi connectivity index (χ0n) is 18.3. The smallest absolute Gasteiger partial charge is 0.191 e. The molecule has 168 valence electrons. The Morgan fingerprint density at radius 2 is 1.90 bits per heavy atom. The number of nitrogens with zero attached hydrogens (tertiary/aromatic N) is 2. The monoisotopic (exact) mass is 528 g/mol. The van der Waals surface area contributed by atoms with Crippen LogP contribution in [0.2, 0.25) is 0 Å². The molecule has 1 aromatic rings. The van der Waals surface area contributed by atoms with E-state index in [0.29, 0.717) is 12.0 Å². The van der Waals surface area contributed by atoms with Crippen molar-refractivity contribution in [3.63, 3.8) is 0 Å². The first kappa shape index (κ1) is 23.8. The number of hydrogen-bond acceptors (Lipinski definition) is 4. The fraction of sp³-hybridized carbons (Fsp3) is 0.696. The van der Waals surface area contributed by atoms with Gasteiger partial charge in [-0.2, -0.15) is 0 Å². The first-order valence-corrected chi connectivity index (χ1v) is 11.2. The number of hydrogen-bond donors (Lipinski definition) is 2. The molecule has 30 heavy (non-hydrogen) atoms. The van der Waals surface area contributed by atoms with Crippen molar-refractivity contribution in [3.05, 3.63) is 35.4 Å². The fourth-order valence-electron chi connectivity index (χ4n) is 4.84. The number of aryl methyl sites for hydroxylation is 1. The molecule has 4 rings (SSSR count). The number of benzene rings is 1. The van der Waals surface area contributed by atoms with Crippen molar-refractivity contribution in [3.8, 4) is 0 Å². The van der Waals surface area contributed by atoms with E-state index in [9.17, 15) is 0 Å². The molecule has 0 aliphatic carbocycles. The van der Waals surface area contributed by atoms with Gasteiger partial charge < -0.3 is 20.1 Å². The Labute approximate surface area is 198 Å². The Kier molecular flexibility index (Phi) is 9.22. The van der Waals surface area contributed by atoms with Crippen LogP contribution in [0.3, 0.4) is 0 Å². The summed E-state index contributed by atoms with van der Waals surface area (Å²) >= 11 is 0. The van der Waals surface area contributed by atoms with E-state index in [1.165, 1.54) is 36.9 Å². The second kappa shape index (κ2) is 11.6. The second-order valence-electron chi connectivity index (χ2n) is 8.68. The predicted octanol–water partition coefficient (Wildman–Crippen LogP) is 3.11. The first-order chi connectivity index (χ1) is 14.2. The van der Waals surface area contributed by atoms with Crippen LogP contribution >= 0.6 is 24.0 Å². The first-order valence-electron chi connectivity index (χ1n) is 11.2. The molecular weight excluding hydrogens is 491 g/mol. The van der Waals surface area contributed by atoms with Gasteiger partial charge in [0.2, 0.25) is 0 Å². The maximum absolute atomic E-state index is 6.15. The van der Waals surface area contributed by atoms with Gasteiger partial charge in [-0.15, -0.1) is 24.0 Å². The summed E-state index contributed by atoms with van der Waals surface area (Å²) in [5.41, 5.74) is 2.56. The lowest BCUT2D eigenvalue weighted by Crippen LogP contribution is -2.51. The van der Waals surface area contributed by atoms with Crippen molar-refractivity contribution >= 4 is 29.9 Å². The Balaban J connectivity index is 0.00000256. The Hall–Kier alpha value is -0.900. The van der Waals surface area contributed by atoms with Gasteiger partial charge >= 0.3 is 0 Å². The molecule has 3 heterocycles. The van der Waals surface area contributed by atoms with Crippen LogP contribution in [0, 0.1) is 12.8 Å². The van der Waals surface area contributed by atoms with E-state index < -0.39 is 0 Å². The van der Waals surface area contributed by atoms with Gasteiger partial charge in [0.1, 0.15) is 0 Å². The highest BCUT2D eigenvalue weighted by atomic mass is 127. The zero-order chi connectivity index (χ0) is 20.1. The summed E-state index contributed by atoms with van der Waals surface area (Å²) < 4.78 is 12.2. The van der Waals surface area contributed by atoms with Crippen LogP contribution < -0.4 is 10.6 Å². The summed E-state index contributed by atoms with van der Waals surface area (Å²) in [6, 6.07) is 9.41. The third-order valence-electron chi connectivity index (χ3n) is 6.56. The van der Waals surface area contributed by atoms with Gasteiger partial charge in [-0.1, -0.05) is 29.8 Å². The molecule has 0 aromatic heterocycles. The molecule has 0 radical (unpaired) electrons. The third-order valence-corrected chi connectivity index (χ3v) is 6.56. The quantitative estimate of drug-likeness (QED) is 0.350. The molecule has 0 amide bonds. The van der Waals surface area contributed by atoms with Gasteiger partial charge in [-0.05, 0) is 44.7 Å². The molecule has 3 saturated heterocycles. The molecular formula is C23H37IN4O2. The molecule has 6 nitrogen and oxygen atoms in total. The van der Waals surface area contributed by atoms with Gasteiger partial charge in [-0.25, -0.2) is 0 Å². The average molecular weight is 528 g/mol. The van der Waals surface area contributed by atoms with Crippen LogP contribution in [-0.2, 0) is 9.47 Å². The lowest BCUT2D eigenvalue weighted by atomic mass is 9.89. The van der Waals surface area contributed by atoms with E-state index in [1.54, 1.807) is 0 Å². The fourth-order valence-corrected chi connectivity index (χ4v) is 4.84. The number of guanidine groups is 1. The molecule has 3 aliphatic rings. The van der Waals surface area contributed by atoms with Crippen LogP contribution in [0.1, 0.15) is 42.9 Å². The molecule has 3 aliphatic heterocycles. The van der Waals surface area contributed by atoms with Gasteiger partial charge in [0, 0.05) is 45.2 Å². The summed E-state index contributed by atoms with van der Waals surface area (Å²) in [6.07, 6.45) is 5.28. The largest absolute Gasteiger partial charge is 0.373 e. The molecule has 2 N–H and O–H groups in total. The number of morpholine rings is 1. The van der Waals surface area contributed by atoms with Crippen molar-refractivity contribution in [2.24, 2.45) is 10.9 Å². The van der Waals surface area contributed by atoms with E-state index in [0.717, 1.165) is 45.2 Å². The van der Waals surface area contributed by atoms with E-state index in [2.05, 4.69) is 51.7 Å². The minimum Gasteiger partial charge on any atom is -0.373 e. The van der Waals surface area contributed by atoms with Crippen molar-refractivity contribution in [2.75, 3.05) is 46.4 Å². The maximum atomic E-state index is 6.15. The van der Waals surface area contributed by atoms with E-state index in [4.69, 9.17) is 9.47 Å². The van der Waals surface area contributed by atoms with Crippen molar-refractivity contribution in [2.45, 2.75) is 50.9 Å². The standard InChI is InChI=1S/C23H36N4O2.HI/c1-17-7-9-18(10-8-17)22-19(5-4-12-28-22)13-25-23(24-2)26-14-21-15-27-11-3-6-20(27)16-29-21;/h7-10,19-22H,3-6,11-16H2,1-2H3,(H2,24,25,26);1H. The summed E-state index contributed by atoms with van der Waals surface area (Å²) in [4.78, 5) is 7.00. The highest BCUT2D eigenvalue weighted by Crippen LogP contribution is 2.33. The average Bonchev–Trinajstić information content (AvgIpc) is 3.23. The maximum Gasteiger partial charge on any atom is 0.191 e. The minimum atomic E-state index is 0. The number of aliphatic imine (C=N–C) groups is 1. The van der Waals surface area contributed by atoms with Crippen LogP contribution in [0.5, 0.6) is 0 Å². The zero-order valence-corrected chi connectivity index (χ0v) is 20.6. The van der Waals surface area contributed by atoms with Crippen LogP contribution in [0.15, 0.2) is 29.3 Å². The second-order valence-corrected chi connectivity index (χ2v) is 8.68. The number of ether oxygens (including phenoxy) is 2. The SMILES string of the molecule is CN=C(NCC1CN2CCCC2CO1)NCC1CCCOC1c1ccc(C)cc1.I. The van der Waals surface area contributed by atoms with Crippen molar-refractivity contribution in [1.29, 1.82) is 0 Å². The normalized spacial score (nSPS) is 29.7. The summed E-state index contributed by atoms with van der Waals surface area (Å²) in [5.74, 6) is 1.30. The number of rotatable bonds is 5. The van der Waals surface area contributed by atoms with E-state index in [1.807, 2.05) is 7.05 Å². The molecule has 1 aromatic carbocycles. The molecule has 0 saturated carbocycles. The Morgan fingerprint density at radius 1 is 1.10 bits per heavy atom. The predicted molar refractivity (Wildman–Crippen MR) is 132 cm³/mol. The van der Waals surface area contributed by atoms with Gasteiger partial charge in [0.25, 0.3) is 0 Å². The summed E-state index contributed by atoms with van der Waals surface area (Å²) in [6.45, 7) is 7.75. The van der Waals surface area contributed by atoms with E-state index >= 15 is 0 Å². The van der Waals surface area contributed by atoms with Crippen molar-refractivity contribution in [1.82, 2.24) is 15.5 Å². The van der Waals surface area contributed by atoms with Gasteiger partial charge in [-0.3, -0.25) is 9.89 Å². The topological polar surface area (TPSA) is 58.1 Å². The van der Waals surface area contributed by atoms with Gasteiger partial charge in [0.05, 0.1) is 18.8 Å². The van der Waals surface area contributed by atoms with Crippen LogP contribution in [0.4, 0.5) is 0 Å². The molecule has 0 bridgehead atoms. The lowest BCUT2D eigenvalue weighted by molar-refractivity contribution is -0.0453. The van der Waals surface area contributed by atoms with Crippen LogP contribution in [0.25, 0.3) is 0 Å². The number of nitrogens with one attached hydrogen (secondary N) is 2. The highest BCUT2D eigenvalue weighted by Gasteiger charge is 2.32. The third kappa shape index (κ3) is 6.08. The summed E-state index contributed by atoms with van der Waals surface area (Å²) in [5, 5.41) is 6.99. The Morgan fingerprint density at radius 3 is 2.70 bits per heavy atom. The number of fused-ring (bicyclic) bond motifs is 1. The molecule has 3 fully saturated rings. The Bertz CT molecular complexity index is 684. The van der Waals surface area contributed by atoms with E-state index in [-0.39, 0.29) is 36.2 Å². The van der Waals surface area contributed by atoms with Gasteiger partial charge in [0.15, 0.2) is 5.96 Å². The molecule has 0 spiro atoms. The lowest BCUT2D eigenvalue weighted by Gasteiger charge is -2.35. The highest BCUT2D eigenvalue weighted by molar-refractivity contribution is 14.0. The summed E-state index contributed by atoms with van der Waals surface area (Å²) in [7, 11) is 1.84. The minimum absolute atomic E-state index is 0.